The van der Waals surface area contributed by atoms with E-state index in [0.717, 1.165) is 36.6 Å². The Morgan fingerprint density at radius 2 is 1.86 bits per heavy atom. The third-order valence-electron chi connectivity index (χ3n) is 4.00. The Labute approximate surface area is 123 Å². The third kappa shape index (κ3) is 3.10. The number of hydrogen-bond donors (Lipinski definition) is 1. The van der Waals surface area contributed by atoms with Crippen molar-refractivity contribution in [2.24, 2.45) is 0 Å². The average Bonchev–Trinajstić information content (AvgIpc) is 2.54. The molecule has 0 bridgehead atoms. The molecule has 0 radical (unpaired) electrons. The summed E-state index contributed by atoms with van der Waals surface area (Å²) < 4.78 is 0. The normalized spacial score (nSPS) is 15.8. The van der Waals surface area contributed by atoms with E-state index in [1.165, 1.54) is 12.6 Å². The summed E-state index contributed by atoms with van der Waals surface area (Å²) in [5.74, 6) is -1.02. The van der Waals surface area contributed by atoms with E-state index in [2.05, 4.69) is 10.3 Å². The molecule has 4 nitrogen and oxygen atoms in total. The van der Waals surface area contributed by atoms with Crippen LogP contribution in [0.1, 0.15) is 42.5 Å². The quantitative estimate of drug-likeness (QED) is 0.695. The summed E-state index contributed by atoms with van der Waals surface area (Å²) in [6.45, 7) is 0. The number of pyridine rings is 1. The van der Waals surface area contributed by atoms with Crippen LogP contribution in [0.3, 0.4) is 0 Å². The Balaban J connectivity index is 1.74. The molecule has 1 heterocycles. The number of ketones is 1. The molecular formula is C17H18N2O2. The molecular weight excluding hydrogens is 264 g/mol. The van der Waals surface area contributed by atoms with E-state index in [1.807, 2.05) is 24.3 Å². The molecule has 2 aromatic rings. The SMILES string of the molecule is O=C(NC1CCCCC1)C(=O)c1cnc2ccccc2c1. The Kier molecular flexibility index (Phi) is 3.95. The topological polar surface area (TPSA) is 59.1 Å². The Bertz CT molecular complexity index is 675. The van der Waals surface area contributed by atoms with Gasteiger partial charge in [-0.2, -0.15) is 0 Å². The summed E-state index contributed by atoms with van der Waals surface area (Å²) in [5.41, 5.74) is 1.17. The molecule has 1 amide bonds. The van der Waals surface area contributed by atoms with Gasteiger partial charge >= 0.3 is 0 Å². The second kappa shape index (κ2) is 6.04. The zero-order valence-corrected chi connectivity index (χ0v) is 11.8. The van der Waals surface area contributed by atoms with Crippen molar-refractivity contribution in [3.05, 3.63) is 42.1 Å². The number of amides is 1. The first-order valence-corrected chi connectivity index (χ1v) is 7.44. The Morgan fingerprint density at radius 3 is 2.67 bits per heavy atom. The van der Waals surface area contributed by atoms with E-state index in [1.54, 1.807) is 6.07 Å². The monoisotopic (exact) mass is 282 g/mol. The standard InChI is InChI=1S/C17H18N2O2/c20-16(17(21)19-14-7-2-1-3-8-14)13-10-12-6-4-5-9-15(12)18-11-13/h4-6,9-11,14H,1-3,7-8H2,(H,19,21). The van der Waals surface area contributed by atoms with Crippen molar-refractivity contribution in [1.29, 1.82) is 0 Å². The highest BCUT2D eigenvalue weighted by Crippen LogP contribution is 2.18. The van der Waals surface area contributed by atoms with Crippen LogP contribution in [0, 0.1) is 0 Å². The van der Waals surface area contributed by atoms with Crippen LogP contribution < -0.4 is 5.32 Å². The largest absolute Gasteiger partial charge is 0.346 e. The number of rotatable bonds is 3. The molecule has 3 rings (SSSR count). The minimum Gasteiger partial charge on any atom is -0.346 e. The minimum atomic E-state index is -0.515. The number of nitrogens with zero attached hydrogens (tertiary/aromatic N) is 1. The molecule has 1 saturated carbocycles. The summed E-state index contributed by atoms with van der Waals surface area (Å²) in [4.78, 5) is 28.5. The van der Waals surface area contributed by atoms with Crippen molar-refractivity contribution < 1.29 is 9.59 Å². The van der Waals surface area contributed by atoms with E-state index in [-0.39, 0.29) is 6.04 Å². The van der Waals surface area contributed by atoms with Crippen LogP contribution >= 0.6 is 0 Å². The van der Waals surface area contributed by atoms with Gasteiger partial charge in [0.15, 0.2) is 0 Å². The lowest BCUT2D eigenvalue weighted by molar-refractivity contribution is -0.117. The van der Waals surface area contributed by atoms with Crippen LogP contribution in [0.25, 0.3) is 10.9 Å². The summed E-state index contributed by atoms with van der Waals surface area (Å²) in [6.07, 6.45) is 6.87. The maximum atomic E-state index is 12.2. The van der Waals surface area contributed by atoms with Gasteiger partial charge in [0.1, 0.15) is 0 Å². The zero-order chi connectivity index (χ0) is 14.7. The molecule has 0 saturated heterocycles. The zero-order valence-electron chi connectivity index (χ0n) is 11.8. The van der Waals surface area contributed by atoms with Crippen LogP contribution in [-0.2, 0) is 4.79 Å². The van der Waals surface area contributed by atoms with Crippen LogP contribution in [0.2, 0.25) is 0 Å². The molecule has 0 aliphatic heterocycles. The lowest BCUT2D eigenvalue weighted by Crippen LogP contribution is -2.40. The Morgan fingerprint density at radius 1 is 1.10 bits per heavy atom. The second-order valence-corrected chi connectivity index (χ2v) is 5.55. The summed E-state index contributed by atoms with van der Waals surface area (Å²) in [6, 6.07) is 9.42. The molecule has 4 heteroatoms. The van der Waals surface area contributed by atoms with Crippen molar-refractivity contribution in [1.82, 2.24) is 10.3 Å². The van der Waals surface area contributed by atoms with Crippen molar-refractivity contribution in [2.45, 2.75) is 38.1 Å². The number of carbonyl (C=O) groups is 2. The van der Waals surface area contributed by atoms with Gasteiger partial charge in [-0.25, -0.2) is 0 Å². The lowest BCUT2D eigenvalue weighted by Gasteiger charge is -2.22. The highest BCUT2D eigenvalue weighted by atomic mass is 16.2. The number of fused-ring (bicyclic) bond motifs is 1. The highest BCUT2D eigenvalue weighted by molar-refractivity contribution is 6.43. The fraction of sp³-hybridized carbons (Fsp3) is 0.353. The molecule has 1 aromatic carbocycles. The maximum absolute atomic E-state index is 12.2. The average molecular weight is 282 g/mol. The van der Waals surface area contributed by atoms with Gasteiger partial charge in [0, 0.05) is 23.2 Å². The predicted octanol–water partition coefficient (Wildman–Crippen LogP) is 2.87. The van der Waals surface area contributed by atoms with E-state index in [0.29, 0.717) is 5.56 Å². The van der Waals surface area contributed by atoms with Crippen molar-refractivity contribution in [3.8, 4) is 0 Å². The molecule has 1 aliphatic rings. The number of nitrogens with one attached hydrogen (secondary N) is 1. The molecule has 1 N–H and O–H groups in total. The van der Waals surface area contributed by atoms with E-state index in [9.17, 15) is 9.59 Å². The van der Waals surface area contributed by atoms with Gasteiger partial charge in [0.2, 0.25) is 0 Å². The number of carbonyl (C=O) groups excluding carboxylic acids is 2. The number of benzene rings is 1. The first-order valence-electron chi connectivity index (χ1n) is 7.44. The highest BCUT2D eigenvalue weighted by Gasteiger charge is 2.21. The minimum absolute atomic E-state index is 0.142. The van der Waals surface area contributed by atoms with E-state index >= 15 is 0 Å². The maximum Gasteiger partial charge on any atom is 0.292 e. The first kappa shape index (κ1) is 13.7. The Hall–Kier alpha value is -2.23. The summed E-state index contributed by atoms with van der Waals surface area (Å²) in [7, 11) is 0. The molecule has 0 atom stereocenters. The molecule has 1 aliphatic carbocycles. The van der Waals surface area contributed by atoms with Crippen molar-refractivity contribution >= 4 is 22.6 Å². The van der Waals surface area contributed by atoms with Crippen LogP contribution in [0.15, 0.2) is 36.5 Å². The number of hydrogen-bond acceptors (Lipinski definition) is 3. The lowest BCUT2D eigenvalue weighted by atomic mass is 9.95. The van der Waals surface area contributed by atoms with Crippen LogP contribution in [-0.4, -0.2) is 22.7 Å². The van der Waals surface area contributed by atoms with Crippen molar-refractivity contribution in [2.75, 3.05) is 0 Å². The van der Waals surface area contributed by atoms with Gasteiger partial charge in [0.05, 0.1) is 5.52 Å². The van der Waals surface area contributed by atoms with Gasteiger partial charge in [-0.1, -0.05) is 37.5 Å². The van der Waals surface area contributed by atoms with E-state index in [4.69, 9.17) is 0 Å². The van der Waals surface area contributed by atoms with Gasteiger partial charge in [-0.3, -0.25) is 14.6 Å². The first-order chi connectivity index (χ1) is 10.2. The number of para-hydroxylation sites is 1. The van der Waals surface area contributed by atoms with Gasteiger partial charge < -0.3 is 5.32 Å². The van der Waals surface area contributed by atoms with Crippen LogP contribution in [0.4, 0.5) is 0 Å². The molecule has 108 valence electrons. The smallest absolute Gasteiger partial charge is 0.292 e. The van der Waals surface area contributed by atoms with Gasteiger partial charge in [0.25, 0.3) is 11.7 Å². The number of aromatic nitrogens is 1. The van der Waals surface area contributed by atoms with Crippen molar-refractivity contribution in [3.63, 3.8) is 0 Å². The number of Topliss-reactive ketones (excluding diaryl/α,β-unsaturated/α-hetero) is 1. The van der Waals surface area contributed by atoms with Gasteiger partial charge in [-0.05, 0) is 25.0 Å². The predicted molar refractivity (Wildman–Crippen MR) is 81.1 cm³/mol. The molecule has 0 spiro atoms. The fourth-order valence-corrected chi connectivity index (χ4v) is 2.82. The molecule has 1 aromatic heterocycles. The fourth-order valence-electron chi connectivity index (χ4n) is 2.82. The third-order valence-corrected chi connectivity index (χ3v) is 4.00. The molecule has 0 unspecified atom stereocenters. The van der Waals surface area contributed by atoms with Crippen LogP contribution in [0.5, 0.6) is 0 Å². The summed E-state index contributed by atoms with van der Waals surface area (Å²) in [5, 5.41) is 3.72. The second-order valence-electron chi connectivity index (χ2n) is 5.55. The summed E-state index contributed by atoms with van der Waals surface area (Å²) >= 11 is 0. The van der Waals surface area contributed by atoms with Gasteiger partial charge in [-0.15, -0.1) is 0 Å². The molecule has 1 fully saturated rings. The van der Waals surface area contributed by atoms with E-state index < -0.39 is 11.7 Å². The molecule has 21 heavy (non-hydrogen) atoms.